The van der Waals surface area contributed by atoms with E-state index in [0.717, 1.165) is 24.8 Å². The number of rotatable bonds is 1. The van der Waals surface area contributed by atoms with Crippen molar-refractivity contribution in [2.24, 2.45) is 5.92 Å². The SMILES string of the molecule is Cc1ccccc1C1(O)CCCC1C. The Kier molecular flexibility index (Phi) is 2.36. The molecule has 1 aromatic carbocycles. The standard InChI is InChI=1S/C13H18O/c1-10-6-3-4-8-12(10)13(14)9-5-7-11(13)2/h3-4,6,8,11,14H,5,7,9H2,1-2H3. The molecule has 0 aromatic heterocycles. The third kappa shape index (κ3) is 1.36. The molecule has 14 heavy (non-hydrogen) atoms. The van der Waals surface area contributed by atoms with Crippen molar-refractivity contribution in [3.05, 3.63) is 35.4 Å². The first kappa shape index (κ1) is 9.72. The summed E-state index contributed by atoms with van der Waals surface area (Å²) in [5, 5.41) is 10.6. The van der Waals surface area contributed by atoms with Crippen LogP contribution in [0.1, 0.15) is 37.3 Å². The molecule has 1 aromatic rings. The van der Waals surface area contributed by atoms with Crippen molar-refractivity contribution in [3.63, 3.8) is 0 Å². The van der Waals surface area contributed by atoms with Gasteiger partial charge in [0.2, 0.25) is 0 Å². The highest BCUT2D eigenvalue weighted by atomic mass is 16.3. The molecular weight excluding hydrogens is 172 g/mol. The van der Waals surface area contributed by atoms with Crippen LogP contribution in [0, 0.1) is 12.8 Å². The van der Waals surface area contributed by atoms with Gasteiger partial charge in [-0.2, -0.15) is 0 Å². The summed E-state index contributed by atoms with van der Waals surface area (Å²) in [7, 11) is 0. The third-order valence-corrected chi connectivity index (χ3v) is 3.62. The Hall–Kier alpha value is -0.820. The van der Waals surface area contributed by atoms with Crippen molar-refractivity contribution in [1.82, 2.24) is 0 Å². The molecule has 1 heteroatoms. The van der Waals surface area contributed by atoms with Gasteiger partial charge < -0.3 is 5.11 Å². The fourth-order valence-corrected chi connectivity index (χ4v) is 2.62. The van der Waals surface area contributed by atoms with E-state index in [9.17, 15) is 5.11 Å². The van der Waals surface area contributed by atoms with Gasteiger partial charge in [0.25, 0.3) is 0 Å². The maximum absolute atomic E-state index is 10.6. The summed E-state index contributed by atoms with van der Waals surface area (Å²) >= 11 is 0. The zero-order valence-corrected chi connectivity index (χ0v) is 8.96. The van der Waals surface area contributed by atoms with E-state index >= 15 is 0 Å². The molecule has 0 radical (unpaired) electrons. The zero-order valence-electron chi connectivity index (χ0n) is 8.96. The first-order valence-electron chi connectivity index (χ1n) is 5.43. The number of benzene rings is 1. The van der Waals surface area contributed by atoms with Crippen LogP contribution < -0.4 is 0 Å². The molecule has 1 nitrogen and oxygen atoms in total. The summed E-state index contributed by atoms with van der Waals surface area (Å²) in [5.41, 5.74) is 1.78. The van der Waals surface area contributed by atoms with Gasteiger partial charge in [-0.15, -0.1) is 0 Å². The quantitative estimate of drug-likeness (QED) is 0.721. The summed E-state index contributed by atoms with van der Waals surface area (Å²) in [6.45, 7) is 4.23. The normalized spacial score (nSPS) is 32.1. The lowest BCUT2D eigenvalue weighted by Crippen LogP contribution is -2.29. The Morgan fingerprint density at radius 2 is 2.07 bits per heavy atom. The van der Waals surface area contributed by atoms with Gasteiger partial charge in [0.05, 0.1) is 5.60 Å². The Morgan fingerprint density at radius 3 is 2.64 bits per heavy atom. The molecule has 2 unspecified atom stereocenters. The lowest BCUT2D eigenvalue weighted by atomic mass is 9.83. The molecule has 0 bridgehead atoms. The van der Waals surface area contributed by atoms with E-state index in [1.165, 1.54) is 5.56 Å². The average molecular weight is 190 g/mol. The van der Waals surface area contributed by atoms with Crippen molar-refractivity contribution in [2.45, 2.75) is 38.7 Å². The second-order valence-corrected chi connectivity index (χ2v) is 4.53. The Labute approximate surface area is 85.8 Å². The van der Waals surface area contributed by atoms with Gasteiger partial charge in [0.1, 0.15) is 0 Å². The Morgan fingerprint density at radius 1 is 1.36 bits per heavy atom. The van der Waals surface area contributed by atoms with Crippen LogP contribution in [0.15, 0.2) is 24.3 Å². The summed E-state index contributed by atoms with van der Waals surface area (Å²) in [6, 6.07) is 8.20. The molecule has 1 fully saturated rings. The van der Waals surface area contributed by atoms with E-state index in [4.69, 9.17) is 0 Å². The number of aliphatic hydroxyl groups is 1. The highest BCUT2D eigenvalue weighted by Crippen LogP contribution is 2.44. The number of aryl methyl sites for hydroxylation is 1. The van der Waals surface area contributed by atoms with Gasteiger partial charge in [-0.3, -0.25) is 0 Å². The second-order valence-electron chi connectivity index (χ2n) is 4.53. The first-order valence-corrected chi connectivity index (χ1v) is 5.43. The molecule has 1 aliphatic carbocycles. The number of hydrogen-bond acceptors (Lipinski definition) is 1. The summed E-state index contributed by atoms with van der Waals surface area (Å²) < 4.78 is 0. The highest BCUT2D eigenvalue weighted by molar-refractivity contribution is 5.32. The van der Waals surface area contributed by atoms with Gasteiger partial charge in [-0.1, -0.05) is 31.2 Å². The van der Waals surface area contributed by atoms with Gasteiger partial charge in [-0.25, -0.2) is 0 Å². The van der Waals surface area contributed by atoms with Crippen LogP contribution in [-0.4, -0.2) is 5.11 Å². The molecule has 2 atom stereocenters. The predicted molar refractivity (Wildman–Crippen MR) is 58.1 cm³/mol. The van der Waals surface area contributed by atoms with Gasteiger partial charge in [0, 0.05) is 0 Å². The van der Waals surface area contributed by atoms with Crippen LogP contribution in [-0.2, 0) is 5.60 Å². The molecule has 0 aliphatic heterocycles. The highest BCUT2D eigenvalue weighted by Gasteiger charge is 2.40. The topological polar surface area (TPSA) is 20.2 Å². The van der Waals surface area contributed by atoms with E-state index in [1.807, 2.05) is 12.1 Å². The van der Waals surface area contributed by atoms with Gasteiger partial charge in [-0.05, 0) is 43.2 Å². The van der Waals surface area contributed by atoms with Crippen LogP contribution in [0.4, 0.5) is 0 Å². The van der Waals surface area contributed by atoms with Crippen molar-refractivity contribution in [2.75, 3.05) is 0 Å². The lowest BCUT2D eigenvalue weighted by molar-refractivity contribution is 0.00391. The first-order chi connectivity index (χ1) is 6.64. The number of hydrogen-bond donors (Lipinski definition) is 1. The van der Waals surface area contributed by atoms with Crippen LogP contribution >= 0.6 is 0 Å². The lowest BCUT2D eigenvalue weighted by Gasteiger charge is -2.29. The Balaban J connectivity index is 2.43. The maximum atomic E-state index is 10.6. The minimum Gasteiger partial charge on any atom is -0.385 e. The molecule has 0 saturated heterocycles. The van der Waals surface area contributed by atoms with Crippen LogP contribution in [0.3, 0.4) is 0 Å². The fraction of sp³-hybridized carbons (Fsp3) is 0.538. The fourth-order valence-electron chi connectivity index (χ4n) is 2.62. The van der Waals surface area contributed by atoms with Crippen molar-refractivity contribution in [1.29, 1.82) is 0 Å². The van der Waals surface area contributed by atoms with Gasteiger partial charge >= 0.3 is 0 Å². The molecule has 0 heterocycles. The smallest absolute Gasteiger partial charge is 0.0924 e. The van der Waals surface area contributed by atoms with E-state index in [2.05, 4.69) is 26.0 Å². The molecule has 1 saturated carbocycles. The maximum Gasteiger partial charge on any atom is 0.0924 e. The summed E-state index contributed by atoms with van der Waals surface area (Å²) in [5.74, 6) is 0.392. The molecule has 2 rings (SSSR count). The molecule has 0 amide bonds. The Bertz CT molecular complexity index is 332. The van der Waals surface area contributed by atoms with Crippen molar-refractivity contribution in [3.8, 4) is 0 Å². The van der Waals surface area contributed by atoms with E-state index < -0.39 is 5.60 Å². The predicted octanol–water partition coefficient (Wildman–Crippen LogP) is 3.00. The molecule has 0 spiro atoms. The third-order valence-electron chi connectivity index (χ3n) is 3.62. The van der Waals surface area contributed by atoms with Crippen LogP contribution in [0.5, 0.6) is 0 Å². The van der Waals surface area contributed by atoms with E-state index in [0.29, 0.717) is 5.92 Å². The summed E-state index contributed by atoms with van der Waals surface area (Å²) in [6.07, 6.45) is 3.20. The minimum absolute atomic E-state index is 0.392. The van der Waals surface area contributed by atoms with Crippen LogP contribution in [0.2, 0.25) is 0 Å². The van der Waals surface area contributed by atoms with Gasteiger partial charge in [0.15, 0.2) is 0 Å². The van der Waals surface area contributed by atoms with Crippen LogP contribution in [0.25, 0.3) is 0 Å². The van der Waals surface area contributed by atoms with E-state index in [1.54, 1.807) is 0 Å². The molecule has 76 valence electrons. The molecular formula is C13H18O. The molecule has 1 aliphatic rings. The average Bonchev–Trinajstić information content (AvgIpc) is 2.49. The second kappa shape index (κ2) is 3.39. The largest absolute Gasteiger partial charge is 0.385 e. The van der Waals surface area contributed by atoms with Crippen molar-refractivity contribution >= 4 is 0 Å². The monoisotopic (exact) mass is 190 g/mol. The van der Waals surface area contributed by atoms with E-state index in [-0.39, 0.29) is 0 Å². The minimum atomic E-state index is -0.564. The zero-order chi connectivity index (χ0) is 10.2. The summed E-state index contributed by atoms with van der Waals surface area (Å²) in [4.78, 5) is 0. The molecule has 1 N–H and O–H groups in total. The van der Waals surface area contributed by atoms with Crippen molar-refractivity contribution < 1.29 is 5.11 Å².